The number of hydrogen-bond donors (Lipinski definition) is 2. The van der Waals surface area contributed by atoms with E-state index in [1.54, 1.807) is 60.7 Å². The van der Waals surface area contributed by atoms with E-state index < -0.39 is 36.0 Å². The van der Waals surface area contributed by atoms with Crippen LogP contribution in [-0.2, 0) is 22.6 Å². The predicted molar refractivity (Wildman–Crippen MR) is 120 cm³/mol. The number of nitrogens with two attached hydrogens (primary N) is 1. The van der Waals surface area contributed by atoms with Crippen LogP contribution in [0.1, 0.15) is 18.1 Å². The average Bonchev–Trinajstić information content (AvgIpc) is 2.80. The molecule has 3 aromatic rings. The van der Waals surface area contributed by atoms with Crippen molar-refractivity contribution in [3.8, 4) is 0 Å². The number of anilines is 2. The van der Waals surface area contributed by atoms with E-state index in [0.29, 0.717) is 11.1 Å². The zero-order valence-corrected chi connectivity index (χ0v) is 18.2. The second-order valence-electron chi connectivity index (χ2n) is 7.54. The first kappa shape index (κ1) is 24.8. The van der Waals surface area contributed by atoms with Gasteiger partial charge in [0.05, 0.1) is 13.1 Å². The van der Waals surface area contributed by atoms with Gasteiger partial charge >= 0.3 is 11.9 Å². The minimum absolute atomic E-state index is 0.00276. The van der Waals surface area contributed by atoms with Crippen LogP contribution in [0.25, 0.3) is 0 Å². The normalized spacial score (nSPS) is 12.4. The number of rotatable bonds is 8. The van der Waals surface area contributed by atoms with Crippen LogP contribution in [0.3, 0.4) is 0 Å². The van der Waals surface area contributed by atoms with Gasteiger partial charge in [0.1, 0.15) is 18.5 Å². The maximum atomic E-state index is 13.2. The summed E-state index contributed by atoms with van der Waals surface area (Å²) in [5.41, 5.74) is 5.40. The smallest absolute Gasteiger partial charge is 0.383 e. The van der Waals surface area contributed by atoms with E-state index in [0.717, 1.165) is 16.4 Å². The van der Waals surface area contributed by atoms with E-state index in [2.05, 4.69) is 4.98 Å². The van der Waals surface area contributed by atoms with Crippen molar-refractivity contribution in [1.82, 2.24) is 9.55 Å². The molecule has 3 rings (SSSR count). The number of aromatic amines is 1. The summed E-state index contributed by atoms with van der Waals surface area (Å²) in [7, 11) is 0. The van der Waals surface area contributed by atoms with Crippen LogP contribution >= 0.6 is 0 Å². The predicted octanol–water partition coefficient (Wildman–Crippen LogP) is 2.67. The molecule has 0 aliphatic heterocycles. The number of nitrogens with zero attached hydrogens (tertiary/aromatic N) is 2. The lowest BCUT2D eigenvalue weighted by Crippen LogP contribution is -2.45. The Morgan fingerprint density at radius 3 is 2.18 bits per heavy atom. The fourth-order valence-corrected chi connectivity index (χ4v) is 3.30. The molecular formula is C23H23F3N4O4. The molecule has 0 aliphatic carbocycles. The Bertz CT molecular complexity index is 1240. The fourth-order valence-electron chi connectivity index (χ4n) is 3.30. The standard InChI is InChI=1S/C23H23F3N4O4/c1-15(34-14-23(24,25)26)21(32)29(12-16-8-4-2-5-9-16)18-19(27)30(22(33)28-20(18)31)13-17-10-6-3-7-11-17/h2-11,15H,12-14,27H2,1H3,(H,28,31,33). The molecule has 1 atom stereocenters. The van der Waals surface area contributed by atoms with Gasteiger partial charge in [-0.2, -0.15) is 13.2 Å². The Morgan fingerprint density at radius 2 is 1.62 bits per heavy atom. The van der Waals surface area contributed by atoms with E-state index in [4.69, 9.17) is 10.5 Å². The number of ether oxygens (including phenoxy) is 1. The highest BCUT2D eigenvalue weighted by molar-refractivity contribution is 5.98. The Morgan fingerprint density at radius 1 is 1.06 bits per heavy atom. The third-order valence-corrected chi connectivity index (χ3v) is 4.96. The van der Waals surface area contributed by atoms with Crippen LogP contribution in [0.4, 0.5) is 24.7 Å². The van der Waals surface area contributed by atoms with Crippen LogP contribution in [0.2, 0.25) is 0 Å². The van der Waals surface area contributed by atoms with Crippen LogP contribution in [-0.4, -0.2) is 34.3 Å². The molecule has 0 saturated carbocycles. The third-order valence-electron chi connectivity index (χ3n) is 4.96. The molecule has 0 fully saturated rings. The number of carbonyl (C=O) groups excluding carboxylic acids is 1. The second-order valence-corrected chi connectivity index (χ2v) is 7.54. The van der Waals surface area contributed by atoms with Crippen LogP contribution in [0.15, 0.2) is 70.3 Å². The fraction of sp³-hybridized carbons (Fsp3) is 0.261. The Labute approximate surface area is 192 Å². The van der Waals surface area contributed by atoms with Gasteiger partial charge < -0.3 is 10.5 Å². The van der Waals surface area contributed by atoms with Crippen molar-refractivity contribution in [3.05, 3.63) is 92.6 Å². The van der Waals surface area contributed by atoms with Gasteiger partial charge in [-0.1, -0.05) is 60.7 Å². The molecule has 1 amide bonds. The number of H-pyrrole nitrogens is 1. The first-order valence-corrected chi connectivity index (χ1v) is 10.3. The number of aromatic nitrogens is 2. The highest BCUT2D eigenvalue weighted by Gasteiger charge is 2.33. The lowest BCUT2D eigenvalue weighted by atomic mass is 10.2. The molecule has 1 unspecified atom stereocenters. The van der Waals surface area contributed by atoms with E-state index in [1.165, 1.54) is 0 Å². The van der Waals surface area contributed by atoms with Crippen molar-refractivity contribution < 1.29 is 22.7 Å². The molecule has 0 spiro atoms. The largest absolute Gasteiger partial charge is 0.411 e. The Balaban J connectivity index is 2.06. The number of nitrogen functional groups attached to an aromatic ring is 1. The molecule has 0 saturated heterocycles. The number of carbonyl (C=O) groups is 1. The molecule has 1 aromatic heterocycles. The summed E-state index contributed by atoms with van der Waals surface area (Å²) >= 11 is 0. The van der Waals surface area contributed by atoms with Crippen LogP contribution in [0.5, 0.6) is 0 Å². The van der Waals surface area contributed by atoms with E-state index in [9.17, 15) is 27.6 Å². The number of hydrogen-bond acceptors (Lipinski definition) is 5. The van der Waals surface area contributed by atoms with Gasteiger partial charge in [0.15, 0.2) is 5.69 Å². The van der Waals surface area contributed by atoms with Crippen molar-refractivity contribution in [2.45, 2.75) is 32.3 Å². The topological polar surface area (TPSA) is 110 Å². The maximum Gasteiger partial charge on any atom is 0.411 e. The van der Waals surface area contributed by atoms with Crippen molar-refractivity contribution >= 4 is 17.4 Å². The summed E-state index contributed by atoms with van der Waals surface area (Å²) in [5, 5.41) is 0. The van der Waals surface area contributed by atoms with Gasteiger partial charge in [0.25, 0.3) is 11.5 Å². The van der Waals surface area contributed by atoms with Crippen molar-refractivity contribution in [2.24, 2.45) is 0 Å². The zero-order valence-electron chi connectivity index (χ0n) is 18.2. The summed E-state index contributed by atoms with van der Waals surface area (Å²) in [6, 6.07) is 17.3. The van der Waals surface area contributed by atoms with Gasteiger partial charge in [0, 0.05) is 0 Å². The quantitative estimate of drug-likeness (QED) is 0.520. The summed E-state index contributed by atoms with van der Waals surface area (Å²) in [5.74, 6) is -1.22. The van der Waals surface area contributed by atoms with Gasteiger partial charge in [-0.15, -0.1) is 0 Å². The summed E-state index contributed by atoms with van der Waals surface area (Å²) in [4.78, 5) is 41.5. The zero-order chi connectivity index (χ0) is 24.9. The summed E-state index contributed by atoms with van der Waals surface area (Å²) < 4.78 is 43.6. The first-order chi connectivity index (χ1) is 16.1. The molecule has 0 aliphatic rings. The molecule has 1 heterocycles. The van der Waals surface area contributed by atoms with Gasteiger partial charge in [-0.3, -0.25) is 24.0 Å². The van der Waals surface area contributed by atoms with Crippen molar-refractivity contribution in [3.63, 3.8) is 0 Å². The van der Waals surface area contributed by atoms with E-state index in [1.807, 2.05) is 0 Å². The minimum atomic E-state index is -4.64. The average molecular weight is 476 g/mol. The minimum Gasteiger partial charge on any atom is -0.383 e. The Hall–Kier alpha value is -3.86. The maximum absolute atomic E-state index is 13.2. The SMILES string of the molecule is CC(OCC(F)(F)F)C(=O)N(Cc1ccccc1)c1c(N)n(Cc2ccccc2)c(=O)[nH]c1=O. The van der Waals surface area contributed by atoms with Gasteiger partial charge in [-0.05, 0) is 18.1 Å². The van der Waals surface area contributed by atoms with E-state index in [-0.39, 0.29) is 24.6 Å². The second kappa shape index (κ2) is 10.4. The van der Waals surface area contributed by atoms with E-state index >= 15 is 0 Å². The lowest BCUT2D eigenvalue weighted by molar-refractivity contribution is -0.185. The molecule has 3 N–H and O–H groups in total. The Kier molecular flexibility index (Phi) is 7.57. The summed E-state index contributed by atoms with van der Waals surface area (Å²) in [6.07, 6.45) is -6.18. The molecule has 0 radical (unpaired) electrons. The van der Waals surface area contributed by atoms with Gasteiger partial charge in [0.2, 0.25) is 0 Å². The molecule has 8 nitrogen and oxygen atoms in total. The molecule has 34 heavy (non-hydrogen) atoms. The highest BCUT2D eigenvalue weighted by atomic mass is 19.4. The number of nitrogens with one attached hydrogen (secondary N) is 1. The van der Waals surface area contributed by atoms with Crippen molar-refractivity contribution in [1.29, 1.82) is 0 Å². The molecule has 0 bridgehead atoms. The summed E-state index contributed by atoms with van der Waals surface area (Å²) in [6.45, 7) is -0.673. The number of alkyl halides is 3. The molecule has 180 valence electrons. The molecular weight excluding hydrogens is 453 g/mol. The van der Waals surface area contributed by atoms with Crippen LogP contribution in [0, 0.1) is 0 Å². The number of halogens is 3. The van der Waals surface area contributed by atoms with Crippen LogP contribution < -0.4 is 21.9 Å². The molecule has 2 aromatic carbocycles. The van der Waals surface area contributed by atoms with Gasteiger partial charge in [-0.25, -0.2) is 4.79 Å². The highest BCUT2D eigenvalue weighted by Crippen LogP contribution is 2.23. The number of benzene rings is 2. The number of amides is 1. The monoisotopic (exact) mass is 476 g/mol. The first-order valence-electron chi connectivity index (χ1n) is 10.3. The van der Waals surface area contributed by atoms with Crippen molar-refractivity contribution in [2.75, 3.05) is 17.2 Å². The molecule has 11 heteroatoms. The lowest BCUT2D eigenvalue weighted by Gasteiger charge is -2.27. The third kappa shape index (κ3) is 6.13.